The third-order valence-electron chi connectivity index (χ3n) is 4.84. The van der Waals surface area contributed by atoms with E-state index in [1.54, 1.807) is 25.3 Å². The Kier molecular flexibility index (Phi) is 5.61. The van der Waals surface area contributed by atoms with Crippen molar-refractivity contribution in [1.29, 1.82) is 0 Å². The summed E-state index contributed by atoms with van der Waals surface area (Å²) in [7, 11) is 3.66. The molecule has 25 heavy (non-hydrogen) atoms. The summed E-state index contributed by atoms with van der Waals surface area (Å²) in [5, 5.41) is 3.42. The molecular formula is C20H24ClN2O2+. The van der Waals surface area contributed by atoms with Gasteiger partial charge in [0, 0.05) is 17.7 Å². The summed E-state index contributed by atoms with van der Waals surface area (Å²) >= 11 is 6.12. The highest BCUT2D eigenvalue weighted by atomic mass is 35.5. The largest absolute Gasteiger partial charge is 0.495 e. The summed E-state index contributed by atoms with van der Waals surface area (Å²) in [4.78, 5) is 13.6. The van der Waals surface area contributed by atoms with Gasteiger partial charge in [0.05, 0.1) is 19.2 Å². The fourth-order valence-corrected chi connectivity index (χ4v) is 3.85. The number of halogens is 1. The molecule has 1 aliphatic rings. The molecule has 0 heterocycles. The minimum atomic E-state index is -0.0122. The van der Waals surface area contributed by atoms with E-state index in [1.807, 2.05) is 0 Å². The molecule has 1 unspecified atom stereocenters. The quantitative estimate of drug-likeness (QED) is 0.862. The number of carbonyl (C=O) groups is 1. The Hall–Kier alpha value is -2.04. The standard InChI is InChI=1S/C20H23ClN2O2/c1-23(18-9-5-7-14-6-3-4-8-16(14)18)13-20(24)22-15-10-11-19(25-2)17(21)12-15/h3-4,6,8,10-12,18H,5,7,9,13H2,1-2H3,(H,22,24)/p+1/t18-/m1/s1. The lowest BCUT2D eigenvalue weighted by Crippen LogP contribution is -3.10. The first-order valence-electron chi connectivity index (χ1n) is 8.62. The molecular weight excluding hydrogens is 336 g/mol. The first-order chi connectivity index (χ1) is 12.1. The van der Waals surface area contributed by atoms with Crippen LogP contribution in [0, 0.1) is 0 Å². The summed E-state index contributed by atoms with van der Waals surface area (Å²) in [6, 6.07) is 14.2. The highest BCUT2D eigenvalue weighted by Gasteiger charge is 2.27. The minimum absolute atomic E-state index is 0.0122. The van der Waals surface area contributed by atoms with E-state index >= 15 is 0 Å². The van der Waals surface area contributed by atoms with Gasteiger partial charge in [-0.05, 0) is 36.6 Å². The molecule has 0 saturated heterocycles. The van der Waals surface area contributed by atoms with E-state index in [0.717, 1.165) is 12.8 Å². The van der Waals surface area contributed by atoms with Crippen molar-refractivity contribution >= 4 is 23.2 Å². The van der Waals surface area contributed by atoms with Gasteiger partial charge in [0.2, 0.25) is 0 Å². The molecule has 0 aromatic heterocycles. The zero-order valence-electron chi connectivity index (χ0n) is 14.6. The zero-order chi connectivity index (χ0) is 17.8. The van der Waals surface area contributed by atoms with Crippen LogP contribution in [0.25, 0.3) is 0 Å². The molecule has 0 bridgehead atoms. The van der Waals surface area contributed by atoms with Gasteiger partial charge in [-0.2, -0.15) is 0 Å². The van der Waals surface area contributed by atoms with Crippen LogP contribution in [0.3, 0.4) is 0 Å². The Balaban J connectivity index is 1.64. The molecule has 5 heteroatoms. The SMILES string of the molecule is COc1ccc(NC(=O)C[NH+](C)[C@@H]2CCCc3ccccc32)cc1Cl. The van der Waals surface area contributed by atoms with Crippen LogP contribution in [0.5, 0.6) is 5.75 Å². The van der Waals surface area contributed by atoms with Crippen molar-refractivity contribution in [2.24, 2.45) is 0 Å². The molecule has 1 aliphatic carbocycles. The number of fused-ring (bicyclic) bond motifs is 1. The van der Waals surface area contributed by atoms with E-state index in [2.05, 4.69) is 36.6 Å². The average molecular weight is 360 g/mol. The fourth-order valence-electron chi connectivity index (χ4n) is 3.59. The normalized spacial score (nSPS) is 17.5. The molecule has 2 atom stereocenters. The number of hydrogen-bond donors (Lipinski definition) is 2. The smallest absolute Gasteiger partial charge is 0.279 e. The lowest BCUT2D eigenvalue weighted by Gasteiger charge is -2.30. The van der Waals surface area contributed by atoms with Crippen LogP contribution < -0.4 is 15.0 Å². The number of methoxy groups -OCH3 is 1. The first kappa shape index (κ1) is 17.8. The van der Waals surface area contributed by atoms with Gasteiger partial charge in [-0.15, -0.1) is 0 Å². The minimum Gasteiger partial charge on any atom is -0.495 e. The van der Waals surface area contributed by atoms with Gasteiger partial charge in [-0.25, -0.2) is 0 Å². The second-order valence-electron chi connectivity index (χ2n) is 6.56. The number of aryl methyl sites for hydroxylation is 1. The number of ether oxygens (including phenoxy) is 1. The van der Waals surface area contributed by atoms with Crippen molar-refractivity contribution in [3.05, 3.63) is 58.6 Å². The highest BCUT2D eigenvalue weighted by Crippen LogP contribution is 2.28. The maximum atomic E-state index is 12.4. The highest BCUT2D eigenvalue weighted by molar-refractivity contribution is 6.32. The first-order valence-corrected chi connectivity index (χ1v) is 9.00. The van der Waals surface area contributed by atoms with Crippen LogP contribution >= 0.6 is 11.6 Å². The number of anilines is 1. The summed E-state index contributed by atoms with van der Waals surface area (Å²) < 4.78 is 5.13. The van der Waals surface area contributed by atoms with Crippen molar-refractivity contribution in [1.82, 2.24) is 0 Å². The Morgan fingerprint density at radius 3 is 2.88 bits per heavy atom. The summed E-state index contributed by atoms with van der Waals surface area (Å²) in [6.07, 6.45) is 3.43. The Morgan fingerprint density at radius 1 is 1.32 bits per heavy atom. The van der Waals surface area contributed by atoms with Gasteiger partial charge >= 0.3 is 0 Å². The molecule has 0 radical (unpaired) electrons. The van der Waals surface area contributed by atoms with Crippen LogP contribution in [0.2, 0.25) is 5.02 Å². The summed E-state index contributed by atoms with van der Waals surface area (Å²) in [6.45, 7) is 0.419. The maximum absolute atomic E-state index is 12.4. The number of likely N-dealkylation sites (N-methyl/N-ethyl adjacent to an activating group) is 1. The molecule has 0 saturated carbocycles. The number of benzene rings is 2. The van der Waals surface area contributed by atoms with Crippen molar-refractivity contribution in [2.75, 3.05) is 26.0 Å². The summed E-state index contributed by atoms with van der Waals surface area (Å²) in [5.41, 5.74) is 3.49. The molecule has 3 rings (SSSR count). The third kappa shape index (κ3) is 4.14. The van der Waals surface area contributed by atoms with E-state index < -0.39 is 0 Å². The van der Waals surface area contributed by atoms with Crippen LogP contribution in [-0.4, -0.2) is 26.6 Å². The van der Waals surface area contributed by atoms with Crippen molar-refractivity contribution in [2.45, 2.75) is 25.3 Å². The van der Waals surface area contributed by atoms with E-state index in [9.17, 15) is 4.79 Å². The second kappa shape index (κ2) is 7.89. The average Bonchev–Trinajstić information content (AvgIpc) is 2.61. The maximum Gasteiger partial charge on any atom is 0.279 e. The predicted molar refractivity (Wildman–Crippen MR) is 101 cm³/mol. The van der Waals surface area contributed by atoms with Crippen LogP contribution in [0.1, 0.15) is 30.0 Å². The zero-order valence-corrected chi connectivity index (χ0v) is 15.4. The Bertz CT molecular complexity index is 763. The van der Waals surface area contributed by atoms with Gasteiger partial charge in [-0.3, -0.25) is 4.79 Å². The van der Waals surface area contributed by atoms with Crippen molar-refractivity contribution in [3.63, 3.8) is 0 Å². The van der Waals surface area contributed by atoms with E-state index in [1.165, 1.54) is 22.4 Å². The second-order valence-corrected chi connectivity index (χ2v) is 6.97. The number of rotatable bonds is 5. The van der Waals surface area contributed by atoms with Crippen LogP contribution in [0.4, 0.5) is 5.69 Å². The van der Waals surface area contributed by atoms with Gasteiger partial charge < -0.3 is 15.0 Å². The Labute approximate surface area is 153 Å². The van der Waals surface area contributed by atoms with Gasteiger partial charge in [-0.1, -0.05) is 35.9 Å². The monoisotopic (exact) mass is 359 g/mol. The third-order valence-corrected chi connectivity index (χ3v) is 5.13. The number of quaternary nitrogens is 1. The van der Waals surface area contributed by atoms with Gasteiger partial charge in [0.15, 0.2) is 6.54 Å². The molecule has 4 nitrogen and oxygen atoms in total. The topological polar surface area (TPSA) is 42.8 Å². The van der Waals surface area contributed by atoms with Crippen LogP contribution in [-0.2, 0) is 11.2 Å². The molecule has 0 spiro atoms. The van der Waals surface area contributed by atoms with Crippen LogP contribution in [0.15, 0.2) is 42.5 Å². The number of nitrogens with one attached hydrogen (secondary N) is 2. The number of amides is 1. The Morgan fingerprint density at radius 2 is 2.12 bits per heavy atom. The molecule has 2 aromatic carbocycles. The summed E-state index contributed by atoms with van der Waals surface area (Å²) in [5.74, 6) is 0.586. The number of hydrogen-bond acceptors (Lipinski definition) is 2. The lowest BCUT2D eigenvalue weighted by atomic mass is 9.87. The van der Waals surface area contributed by atoms with E-state index in [-0.39, 0.29) is 5.91 Å². The molecule has 0 aliphatic heterocycles. The molecule has 2 N–H and O–H groups in total. The van der Waals surface area contributed by atoms with E-state index in [4.69, 9.17) is 16.3 Å². The number of carbonyl (C=O) groups excluding carboxylic acids is 1. The fraction of sp³-hybridized carbons (Fsp3) is 0.350. The van der Waals surface area contributed by atoms with E-state index in [0.29, 0.717) is 29.0 Å². The predicted octanol–water partition coefficient (Wildman–Crippen LogP) is 2.88. The lowest BCUT2D eigenvalue weighted by molar-refractivity contribution is -0.905. The molecule has 132 valence electrons. The molecule has 1 amide bonds. The van der Waals surface area contributed by atoms with Gasteiger partial charge in [0.25, 0.3) is 5.91 Å². The molecule has 2 aromatic rings. The van der Waals surface area contributed by atoms with Crippen molar-refractivity contribution in [3.8, 4) is 5.75 Å². The van der Waals surface area contributed by atoms with Crippen molar-refractivity contribution < 1.29 is 14.4 Å². The molecule has 0 fully saturated rings. The van der Waals surface area contributed by atoms with Gasteiger partial charge in [0.1, 0.15) is 11.8 Å².